The van der Waals surface area contributed by atoms with Gasteiger partial charge < -0.3 is 10.1 Å². The molecule has 0 saturated heterocycles. The minimum Gasteiger partial charge on any atom is -0.487 e. The van der Waals surface area contributed by atoms with E-state index in [4.69, 9.17) is 32.9 Å². The molecule has 4 aromatic rings. The molecule has 0 saturated carbocycles. The van der Waals surface area contributed by atoms with Crippen LogP contribution in [0.4, 0.5) is 10.7 Å². The van der Waals surface area contributed by atoms with Crippen molar-refractivity contribution in [1.29, 1.82) is 0 Å². The lowest BCUT2D eigenvalue weighted by Gasteiger charge is -2.33. The number of amides is 1. The highest BCUT2D eigenvalue weighted by atomic mass is 127. The number of carbonyl (C=O) groups is 1. The minimum absolute atomic E-state index is 0.135. The molecular formula is C33H30Cl2I2N2O2S. The van der Waals surface area contributed by atoms with Crippen molar-refractivity contribution >= 4 is 103 Å². The number of hydrogen-bond acceptors (Lipinski definition) is 4. The van der Waals surface area contributed by atoms with E-state index >= 15 is 0 Å². The fourth-order valence-corrected chi connectivity index (χ4v) is 8.77. The van der Waals surface area contributed by atoms with Crippen LogP contribution in [0.3, 0.4) is 0 Å². The van der Waals surface area contributed by atoms with Crippen LogP contribution in [-0.2, 0) is 19.4 Å². The van der Waals surface area contributed by atoms with E-state index in [1.54, 1.807) is 23.5 Å². The Labute approximate surface area is 288 Å². The largest absolute Gasteiger partial charge is 0.487 e. The summed E-state index contributed by atoms with van der Waals surface area (Å²) < 4.78 is 8.11. The first kappa shape index (κ1) is 31.8. The van der Waals surface area contributed by atoms with E-state index in [9.17, 15) is 4.79 Å². The topological polar surface area (TPSA) is 50.7 Å². The molecule has 0 bridgehead atoms. The first-order chi connectivity index (χ1) is 20.0. The Kier molecular flexibility index (Phi) is 10.2. The summed E-state index contributed by atoms with van der Waals surface area (Å²) in [5, 5.41) is 5.12. The van der Waals surface area contributed by atoms with Crippen molar-refractivity contribution in [2.75, 3.05) is 5.32 Å². The van der Waals surface area contributed by atoms with E-state index in [0.29, 0.717) is 33.8 Å². The Morgan fingerprint density at radius 2 is 1.79 bits per heavy atom. The van der Waals surface area contributed by atoms with Crippen molar-refractivity contribution in [3.63, 3.8) is 0 Å². The average molecular weight is 843 g/mol. The second-order valence-corrected chi connectivity index (χ2v) is 15.7. The van der Waals surface area contributed by atoms with Gasteiger partial charge in [-0.15, -0.1) is 11.3 Å². The molecule has 1 amide bonds. The third kappa shape index (κ3) is 7.52. The highest BCUT2D eigenvalue weighted by Crippen LogP contribution is 2.45. The second kappa shape index (κ2) is 13.5. The van der Waals surface area contributed by atoms with Crippen LogP contribution in [0.15, 0.2) is 65.7 Å². The Morgan fingerprint density at radius 1 is 1.10 bits per heavy atom. The van der Waals surface area contributed by atoms with Gasteiger partial charge in [0.2, 0.25) is 0 Å². The summed E-state index contributed by atoms with van der Waals surface area (Å²) in [6.07, 6.45) is 4.75. The van der Waals surface area contributed by atoms with E-state index in [1.165, 1.54) is 4.88 Å². The molecule has 0 aliphatic heterocycles. The molecule has 0 radical (unpaired) electrons. The number of ether oxygens (including phenoxy) is 1. The molecule has 1 aromatic heterocycles. The number of benzene rings is 3. The van der Waals surface area contributed by atoms with Gasteiger partial charge in [-0.2, -0.15) is 0 Å². The lowest BCUT2D eigenvalue weighted by molar-refractivity contribution is 0.102. The van der Waals surface area contributed by atoms with Crippen molar-refractivity contribution < 1.29 is 9.53 Å². The zero-order chi connectivity index (χ0) is 30.0. The summed E-state index contributed by atoms with van der Waals surface area (Å²) in [5.74, 6) is 1.24. The van der Waals surface area contributed by atoms with Crippen molar-refractivity contribution in [3.8, 4) is 5.75 Å². The first-order valence-corrected chi connectivity index (χ1v) is 17.3. The van der Waals surface area contributed by atoms with Crippen LogP contribution in [0.1, 0.15) is 59.1 Å². The summed E-state index contributed by atoms with van der Waals surface area (Å²) in [6, 6.07) is 19.0. The van der Waals surface area contributed by atoms with Gasteiger partial charge in [0, 0.05) is 32.4 Å². The number of fused-ring (bicyclic) bond motifs is 1. The fraction of sp³-hybridized carbons (Fsp3) is 0.273. The number of anilines is 1. The molecule has 42 heavy (non-hydrogen) atoms. The van der Waals surface area contributed by atoms with E-state index in [2.05, 4.69) is 71.3 Å². The molecule has 1 N–H and O–H groups in total. The van der Waals surface area contributed by atoms with Crippen LogP contribution in [0.2, 0.25) is 10.0 Å². The third-order valence-electron chi connectivity index (χ3n) is 7.48. The quantitative estimate of drug-likeness (QED) is 0.149. The molecule has 4 nitrogen and oxygen atoms in total. The van der Waals surface area contributed by atoms with Crippen molar-refractivity contribution in [3.05, 3.63) is 105 Å². The first-order valence-electron chi connectivity index (χ1n) is 13.6. The summed E-state index contributed by atoms with van der Waals surface area (Å²) >= 11 is 18.6. The van der Waals surface area contributed by atoms with Gasteiger partial charge in [-0.3, -0.25) is 4.79 Å². The van der Waals surface area contributed by atoms with E-state index in [-0.39, 0.29) is 11.3 Å². The van der Waals surface area contributed by atoms with Crippen molar-refractivity contribution in [2.45, 2.75) is 46.6 Å². The van der Waals surface area contributed by atoms with Gasteiger partial charge in [0.05, 0.1) is 12.7 Å². The predicted octanol–water partition coefficient (Wildman–Crippen LogP) is 11.0. The van der Waals surface area contributed by atoms with E-state index in [1.807, 2.05) is 54.7 Å². The maximum atomic E-state index is 13.7. The van der Waals surface area contributed by atoms with Crippen LogP contribution < -0.4 is 10.1 Å². The average Bonchev–Trinajstić information content (AvgIpc) is 3.31. The summed E-state index contributed by atoms with van der Waals surface area (Å²) in [5.41, 5.74) is 4.61. The van der Waals surface area contributed by atoms with Gasteiger partial charge >= 0.3 is 0 Å². The molecule has 0 unspecified atom stereocenters. The number of thiophene rings is 1. The van der Waals surface area contributed by atoms with Crippen LogP contribution in [-0.4, -0.2) is 12.1 Å². The van der Waals surface area contributed by atoms with Crippen molar-refractivity contribution in [2.24, 2.45) is 16.3 Å². The summed E-state index contributed by atoms with van der Waals surface area (Å²) in [6.45, 7) is 7.29. The second-order valence-electron chi connectivity index (χ2n) is 11.4. The number of nitrogens with zero attached hydrogens (tertiary/aromatic N) is 1. The molecule has 0 fully saturated rings. The third-order valence-corrected chi connectivity index (χ3v) is 10.9. The fourth-order valence-electron chi connectivity index (χ4n) is 5.05. The zero-order valence-corrected chi connectivity index (χ0v) is 30.1. The standard InChI is InChI=1S/C33H30Cl2I2N2O2S/c1-33(2,3)21-8-13-24-28(16-21)42-32(29(24)31(40)39-23-11-9-22(34)10-12-23)38-17-19-14-26(36)30(27(37)15-19)41-18-20-6-4-5-7-25(20)35/h4-7,9-12,14-15,17,21H,8,13,16,18H2,1-3H3,(H,39,40)/t21-/m0/s1. The molecule has 3 aromatic carbocycles. The van der Waals surface area contributed by atoms with Crippen LogP contribution in [0.5, 0.6) is 5.75 Å². The van der Waals surface area contributed by atoms with Crippen LogP contribution in [0, 0.1) is 18.5 Å². The SMILES string of the molecule is CC(C)(C)[C@H]1CCc2c(sc(N=Cc3cc(I)c(OCc4ccccc4Cl)c(I)c3)c2C(=O)Nc2ccc(Cl)cc2)C1. The number of carbonyl (C=O) groups excluding carboxylic acids is 1. The summed E-state index contributed by atoms with van der Waals surface area (Å²) in [7, 11) is 0. The molecule has 1 aliphatic rings. The van der Waals surface area contributed by atoms with Gasteiger partial charge in [-0.1, -0.05) is 62.2 Å². The molecule has 5 rings (SSSR count). The Hall–Kier alpha value is -1.66. The van der Waals surface area contributed by atoms with E-state index in [0.717, 1.165) is 53.8 Å². The normalized spacial score (nSPS) is 15.1. The Morgan fingerprint density at radius 3 is 2.45 bits per heavy atom. The van der Waals surface area contributed by atoms with Crippen LogP contribution in [0.25, 0.3) is 0 Å². The van der Waals surface area contributed by atoms with Gasteiger partial charge in [0.15, 0.2) is 0 Å². The number of rotatable bonds is 7. The maximum Gasteiger partial charge on any atom is 0.259 e. The Balaban J connectivity index is 1.43. The van der Waals surface area contributed by atoms with Gasteiger partial charge in [-0.25, -0.2) is 4.99 Å². The molecule has 1 aliphatic carbocycles. The van der Waals surface area contributed by atoms with Gasteiger partial charge in [0.1, 0.15) is 17.4 Å². The van der Waals surface area contributed by atoms with Gasteiger partial charge in [-0.05, 0) is 129 Å². The number of halogens is 4. The zero-order valence-electron chi connectivity index (χ0n) is 23.4. The van der Waals surface area contributed by atoms with Crippen LogP contribution >= 0.6 is 79.7 Å². The highest BCUT2D eigenvalue weighted by Gasteiger charge is 2.33. The lowest BCUT2D eigenvalue weighted by Crippen LogP contribution is -2.27. The van der Waals surface area contributed by atoms with Gasteiger partial charge in [0.25, 0.3) is 5.91 Å². The molecule has 1 atom stereocenters. The van der Waals surface area contributed by atoms with Crippen molar-refractivity contribution in [1.82, 2.24) is 0 Å². The molecular weight excluding hydrogens is 813 g/mol. The monoisotopic (exact) mass is 842 g/mol. The highest BCUT2D eigenvalue weighted by molar-refractivity contribution is 14.1. The minimum atomic E-state index is -0.135. The molecule has 218 valence electrons. The molecule has 1 heterocycles. The number of aliphatic imine (C=N–C) groups is 1. The number of hydrogen-bond donors (Lipinski definition) is 1. The lowest BCUT2D eigenvalue weighted by atomic mass is 9.72. The maximum absolute atomic E-state index is 13.7. The smallest absolute Gasteiger partial charge is 0.259 e. The predicted molar refractivity (Wildman–Crippen MR) is 194 cm³/mol. The Bertz CT molecular complexity index is 1620. The number of nitrogens with one attached hydrogen (secondary N) is 1. The molecule has 9 heteroatoms. The summed E-state index contributed by atoms with van der Waals surface area (Å²) in [4.78, 5) is 19.8. The van der Waals surface area contributed by atoms with E-state index < -0.39 is 0 Å². The molecule has 0 spiro atoms.